The summed E-state index contributed by atoms with van der Waals surface area (Å²) in [6, 6.07) is 0.901. The maximum atomic E-state index is 13.0. The van der Waals surface area contributed by atoms with E-state index in [-0.39, 0.29) is 23.9 Å². The van der Waals surface area contributed by atoms with Gasteiger partial charge in [-0.05, 0) is 23.8 Å². The Morgan fingerprint density at radius 2 is 1.59 bits per heavy atom. The first kappa shape index (κ1) is 22.8. The molecule has 0 spiro atoms. The summed E-state index contributed by atoms with van der Waals surface area (Å²) in [6.45, 7) is -0.863. The molecule has 0 aliphatic heterocycles. The zero-order chi connectivity index (χ0) is 22.0. The van der Waals surface area contributed by atoms with Crippen molar-refractivity contribution in [3.05, 3.63) is 58.6 Å². The molecular formula is C18H16F6O5. The van der Waals surface area contributed by atoms with Crippen LogP contribution in [0.5, 0.6) is 0 Å². The first-order valence-electron chi connectivity index (χ1n) is 7.96. The molecule has 11 heteroatoms. The lowest BCUT2D eigenvalue weighted by Crippen LogP contribution is -2.43. The lowest BCUT2D eigenvalue weighted by Gasteiger charge is -2.34. The van der Waals surface area contributed by atoms with Crippen LogP contribution in [0.3, 0.4) is 0 Å². The van der Waals surface area contributed by atoms with Crippen LogP contribution in [0.2, 0.25) is 0 Å². The van der Waals surface area contributed by atoms with Gasteiger partial charge >= 0.3 is 12.4 Å². The van der Waals surface area contributed by atoms with Gasteiger partial charge in [-0.2, -0.15) is 26.3 Å². The number of halogens is 6. The number of aldehydes is 1. The molecule has 1 aliphatic rings. The number of alkyl halides is 6. The summed E-state index contributed by atoms with van der Waals surface area (Å²) in [5, 5.41) is 10.7. The second-order valence-electron chi connectivity index (χ2n) is 6.07. The number of ether oxygens (including phenoxy) is 3. The van der Waals surface area contributed by atoms with Gasteiger partial charge in [0.15, 0.2) is 0 Å². The Hall–Kier alpha value is -2.53. The molecule has 0 saturated heterocycles. The molecule has 0 aromatic heterocycles. The lowest BCUT2D eigenvalue weighted by molar-refractivity contribution is -0.205. The van der Waals surface area contributed by atoms with Crippen molar-refractivity contribution in [2.75, 3.05) is 14.2 Å². The predicted octanol–water partition coefficient (Wildman–Crippen LogP) is 3.82. The Morgan fingerprint density at radius 3 is 2.00 bits per heavy atom. The van der Waals surface area contributed by atoms with E-state index in [2.05, 4.69) is 0 Å². The summed E-state index contributed by atoms with van der Waals surface area (Å²) in [6.07, 6.45) is -7.54. The van der Waals surface area contributed by atoms with E-state index >= 15 is 0 Å². The number of carbonyl (C=O) groups is 1. The summed E-state index contributed by atoms with van der Waals surface area (Å²) in [4.78, 5) is 11.4. The Bertz CT molecular complexity index is 795. The molecule has 0 radical (unpaired) electrons. The quantitative estimate of drug-likeness (QED) is 0.426. The molecule has 0 heterocycles. The van der Waals surface area contributed by atoms with Gasteiger partial charge in [0.25, 0.3) is 0 Å². The topological polar surface area (TPSA) is 65.0 Å². The van der Waals surface area contributed by atoms with Crippen molar-refractivity contribution in [2.24, 2.45) is 5.92 Å². The number of rotatable bonds is 6. The Kier molecular flexibility index (Phi) is 6.33. The zero-order valence-corrected chi connectivity index (χ0v) is 15.1. The molecular weight excluding hydrogens is 410 g/mol. The smallest absolute Gasteiger partial charge is 0.416 e. The summed E-state index contributed by atoms with van der Waals surface area (Å²) >= 11 is 0. The van der Waals surface area contributed by atoms with Crippen molar-refractivity contribution < 1.29 is 50.5 Å². The highest BCUT2D eigenvalue weighted by Crippen LogP contribution is 2.38. The number of benzene rings is 1. The summed E-state index contributed by atoms with van der Waals surface area (Å²) in [5.41, 5.74) is -3.57. The molecule has 1 aliphatic carbocycles. The van der Waals surface area contributed by atoms with E-state index in [9.17, 15) is 36.2 Å². The SMILES string of the molecule is COC1=CC(O)(OCc2cc(C(F)(F)F)cc(C(F)(F)F)c2)C(C=O)C(OC)=C1. The monoisotopic (exact) mass is 426 g/mol. The normalized spacial score (nSPS) is 22.6. The van der Waals surface area contributed by atoms with Crippen molar-refractivity contribution in [3.8, 4) is 0 Å². The first-order valence-corrected chi connectivity index (χ1v) is 7.96. The molecule has 2 rings (SSSR count). The average molecular weight is 426 g/mol. The average Bonchev–Trinajstić information content (AvgIpc) is 2.64. The van der Waals surface area contributed by atoms with Crippen molar-refractivity contribution in [2.45, 2.75) is 24.7 Å². The highest BCUT2D eigenvalue weighted by atomic mass is 19.4. The third-order valence-corrected chi connectivity index (χ3v) is 4.11. The van der Waals surface area contributed by atoms with Crippen LogP contribution < -0.4 is 0 Å². The van der Waals surface area contributed by atoms with Crippen LogP contribution in [-0.2, 0) is 38.0 Å². The fraction of sp³-hybridized carbons (Fsp3) is 0.389. The first-order chi connectivity index (χ1) is 13.3. The highest BCUT2D eigenvalue weighted by Gasteiger charge is 2.43. The fourth-order valence-corrected chi connectivity index (χ4v) is 2.67. The molecule has 0 saturated carbocycles. The van der Waals surface area contributed by atoms with Gasteiger partial charge in [-0.1, -0.05) is 0 Å². The van der Waals surface area contributed by atoms with Gasteiger partial charge < -0.3 is 24.1 Å². The second-order valence-corrected chi connectivity index (χ2v) is 6.07. The highest BCUT2D eigenvalue weighted by molar-refractivity contribution is 5.62. The third kappa shape index (κ3) is 5.10. The standard InChI is InChI=1S/C18H16F6O5/c1-27-13-6-15(28-2)14(8-25)16(26,7-13)29-9-10-3-11(17(19,20)21)5-12(4-10)18(22,23)24/h3-8,14,26H,9H2,1-2H3. The summed E-state index contributed by atoms with van der Waals surface area (Å²) in [5.74, 6) is -3.89. The minimum absolute atomic E-state index is 0.0162. The van der Waals surface area contributed by atoms with E-state index < -0.39 is 47.4 Å². The molecule has 0 amide bonds. The van der Waals surface area contributed by atoms with E-state index in [0.29, 0.717) is 12.1 Å². The van der Waals surface area contributed by atoms with Crippen molar-refractivity contribution in [3.63, 3.8) is 0 Å². The van der Waals surface area contributed by atoms with E-state index in [1.165, 1.54) is 20.3 Å². The maximum absolute atomic E-state index is 13.0. The van der Waals surface area contributed by atoms with E-state index in [1.54, 1.807) is 0 Å². The van der Waals surface area contributed by atoms with E-state index in [1.807, 2.05) is 0 Å². The molecule has 160 valence electrons. The number of hydrogen-bond acceptors (Lipinski definition) is 5. The van der Waals surface area contributed by atoms with Crippen LogP contribution in [0, 0.1) is 5.92 Å². The molecule has 5 nitrogen and oxygen atoms in total. The van der Waals surface area contributed by atoms with Gasteiger partial charge in [0.2, 0.25) is 5.79 Å². The Morgan fingerprint density at radius 1 is 1.03 bits per heavy atom. The van der Waals surface area contributed by atoms with Gasteiger partial charge in [0.05, 0.1) is 32.0 Å². The van der Waals surface area contributed by atoms with Crippen LogP contribution in [-0.4, -0.2) is 31.4 Å². The lowest BCUT2D eigenvalue weighted by atomic mass is 9.92. The molecule has 1 aromatic rings. The number of allylic oxidation sites excluding steroid dienone is 1. The van der Waals surface area contributed by atoms with Crippen LogP contribution in [0.15, 0.2) is 41.9 Å². The molecule has 0 bridgehead atoms. The van der Waals surface area contributed by atoms with E-state index in [4.69, 9.17) is 14.2 Å². The van der Waals surface area contributed by atoms with Crippen molar-refractivity contribution >= 4 is 6.29 Å². The third-order valence-electron chi connectivity index (χ3n) is 4.11. The molecule has 1 N–H and O–H groups in total. The van der Waals surface area contributed by atoms with Crippen LogP contribution in [0.4, 0.5) is 26.3 Å². The molecule has 29 heavy (non-hydrogen) atoms. The van der Waals surface area contributed by atoms with Crippen molar-refractivity contribution in [1.29, 1.82) is 0 Å². The van der Waals surface area contributed by atoms with Crippen LogP contribution >= 0.6 is 0 Å². The van der Waals surface area contributed by atoms with Crippen LogP contribution in [0.1, 0.15) is 16.7 Å². The Labute approximate surface area is 161 Å². The van der Waals surface area contributed by atoms with Gasteiger partial charge in [-0.15, -0.1) is 0 Å². The number of methoxy groups -OCH3 is 2. The molecule has 0 fully saturated rings. The molecule has 2 atom stereocenters. The predicted molar refractivity (Wildman–Crippen MR) is 85.9 cm³/mol. The zero-order valence-electron chi connectivity index (χ0n) is 15.1. The van der Waals surface area contributed by atoms with Gasteiger partial charge in [0, 0.05) is 12.2 Å². The van der Waals surface area contributed by atoms with E-state index in [0.717, 1.165) is 6.08 Å². The van der Waals surface area contributed by atoms with Gasteiger partial charge in [-0.25, -0.2) is 0 Å². The maximum Gasteiger partial charge on any atom is 0.416 e. The molecule has 1 aromatic carbocycles. The minimum atomic E-state index is -5.03. The largest absolute Gasteiger partial charge is 0.500 e. The second kappa shape index (κ2) is 8.07. The van der Waals surface area contributed by atoms with Gasteiger partial charge in [0.1, 0.15) is 23.7 Å². The summed E-state index contributed by atoms with van der Waals surface area (Å²) in [7, 11) is 2.43. The van der Waals surface area contributed by atoms with Crippen LogP contribution in [0.25, 0.3) is 0 Å². The Balaban J connectivity index is 2.40. The number of aliphatic hydroxyl groups is 1. The summed E-state index contributed by atoms with van der Waals surface area (Å²) < 4.78 is 92.9. The minimum Gasteiger partial charge on any atom is -0.500 e. The van der Waals surface area contributed by atoms with Crippen molar-refractivity contribution in [1.82, 2.24) is 0 Å². The fourth-order valence-electron chi connectivity index (χ4n) is 2.67. The molecule has 2 unspecified atom stereocenters. The number of hydrogen-bond donors (Lipinski definition) is 1. The number of carbonyl (C=O) groups excluding carboxylic acids is 1. The van der Waals surface area contributed by atoms with Gasteiger partial charge in [-0.3, -0.25) is 0 Å².